The fraction of sp³-hybridized carbons (Fsp3) is 0. The Bertz CT molecular complexity index is 3650. The van der Waals surface area contributed by atoms with Crippen LogP contribution < -0.4 is 9.80 Å². The first kappa shape index (κ1) is 38.0. The number of hydrogen-bond donors (Lipinski definition) is 0. The monoisotopic (exact) mass is 830 g/mol. The highest BCUT2D eigenvalue weighted by Gasteiger charge is 2.19. The van der Waals surface area contributed by atoms with Crippen molar-refractivity contribution >= 4 is 77.6 Å². The Labute approximate surface area is 378 Å². The molecule has 0 atom stereocenters. The lowest BCUT2D eigenvalue weighted by atomic mass is 9.98. The summed E-state index contributed by atoms with van der Waals surface area (Å²) in [6, 6.07) is 91.5. The first-order valence-electron chi connectivity index (χ1n) is 22.1. The highest BCUT2D eigenvalue weighted by molar-refractivity contribution is 6.17. The third kappa shape index (κ3) is 7.16. The van der Waals surface area contributed by atoms with E-state index in [-0.39, 0.29) is 0 Å². The minimum atomic E-state index is 0.901. The average molecular weight is 831 g/mol. The molecular formula is C62H42N2O. The third-order valence-corrected chi connectivity index (χ3v) is 12.6. The Kier molecular flexibility index (Phi) is 9.50. The minimum absolute atomic E-state index is 0.901. The second kappa shape index (κ2) is 16.2. The summed E-state index contributed by atoms with van der Waals surface area (Å²) in [4.78, 5) is 4.75. The van der Waals surface area contributed by atoms with Gasteiger partial charge in [-0.2, -0.15) is 0 Å². The molecule has 0 saturated heterocycles. The molecule has 3 heteroatoms. The van der Waals surface area contributed by atoms with Gasteiger partial charge in [-0.05, 0) is 146 Å². The molecule has 0 spiro atoms. The third-order valence-electron chi connectivity index (χ3n) is 12.6. The Balaban J connectivity index is 1.03. The second-order valence-corrected chi connectivity index (χ2v) is 16.6. The molecule has 3 nitrogen and oxygen atoms in total. The number of hydrogen-bond acceptors (Lipinski definition) is 3. The highest BCUT2D eigenvalue weighted by atomic mass is 16.3. The fourth-order valence-corrected chi connectivity index (χ4v) is 9.41. The lowest BCUT2D eigenvalue weighted by molar-refractivity contribution is 0.669. The van der Waals surface area contributed by atoms with E-state index in [1.165, 1.54) is 38.4 Å². The van der Waals surface area contributed by atoms with Gasteiger partial charge < -0.3 is 14.2 Å². The van der Waals surface area contributed by atoms with Crippen LogP contribution in [-0.2, 0) is 0 Å². The van der Waals surface area contributed by atoms with Gasteiger partial charge in [0.1, 0.15) is 11.2 Å². The van der Waals surface area contributed by atoms with E-state index >= 15 is 0 Å². The van der Waals surface area contributed by atoms with Gasteiger partial charge in [0.15, 0.2) is 0 Å². The molecular weight excluding hydrogens is 789 g/mol. The van der Waals surface area contributed by atoms with E-state index in [1.807, 2.05) is 12.1 Å². The molecule has 65 heavy (non-hydrogen) atoms. The number of fused-ring (bicyclic) bond motifs is 6. The highest BCUT2D eigenvalue weighted by Crippen LogP contribution is 2.44. The zero-order valence-corrected chi connectivity index (χ0v) is 35.6. The SMILES string of the molecule is c1ccc(-c2ccc(N(c3ccccc3)c3cccc(N(c4cccc(-c5cccc(-c6ccccc6)c5)c4)c4ccc5ccc6cc7oc8ccccc8c7cc6c5c4)c3)cc2)cc1. The topological polar surface area (TPSA) is 19.6 Å². The molecule has 0 N–H and O–H groups in total. The van der Waals surface area contributed by atoms with Crippen molar-refractivity contribution in [2.45, 2.75) is 0 Å². The molecule has 1 heterocycles. The van der Waals surface area contributed by atoms with Gasteiger partial charge >= 0.3 is 0 Å². The lowest BCUT2D eigenvalue weighted by Gasteiger charge is -2.30. The summed E-state index contributed by atoms with van der Waals surface area (Å²) in [5.74, 6) is 0. The zero-order valence-electron chi connectivity index (χ0n) is 35.6. The molecule has 12 rings (SSSR count). The van der Waals surface area contributed by atoms with Gasteiger partial charge in [0.25, 0.3) is 0 Å². The van der Waals surface area contributed by atoms with Gasteiger partial charge in [0.2, 0.25) is 0 Å². The van der Waals surface area contributed by atoms with E-state index in [0.717, 1.165) is 72.6 Å². The van der Waals surface area contributed by atoms with Gasteiger partial charge in [-0.1, -0.05) is 164 Å². The van der Waals surface area contributed by atoms with Gasteiger partial charge in [-0.3, -0.25) is 0 Å². The Morgan fingerprint density at radius 3 is 1.40 bits per heavy atom. The number of anilines is 6. The summed E-state index contributed by atoms with van der Waals surface area (Å²) in [5, 5.41) is 6.96. The molecule has 1 aromatic heterocycles. The van der Waals surface area contributed by atoms with Gasteiger partial charge in [-0.15, -0.1) is 0 Å². The van der Waals surface area contributed by atoms with Crippen molar-refractivity contribution in [3.8, 4) is 33.4 Å². The maximum atomic E-state index is 6.34. The molecule has 306 valence electrons. The standard InChI is InChI=1S/C62H42N2O/c1-4-15-43(16-5-1)45-31-34-52(35-32-45)63(51-22-8-3-9-23-51)54-25-14-26-55(40-54)64(53-24-13-21-49(38-53)48-20-12-19-47(37-48)44-17-6-2-7-18-44)56-36-33-46-29-30-50-39-62-60(42-59(50)58(46)41-56)57-27-10-11-28-61(57)65-62/h1-42H. The van der Waals surface area contributed by atoms with E-state index in [1.54, 1.807) is 0 Å². The number of para-hydroxylation sites is 2. The van der Waals surface area contributed by atoms with Crippen molar-refractivity contribution in [2.75, 3.05) is 9.80 Å². The zero-order chi connectivity index (χ0) is 43.1. The predicted molar refractivity (Wildman–Crippen MR) is 274 cm³/mol. The number of furan rings is 1. The number of nitrogens with zero attached hydrogens (tertiary/aromatic N) is 2. The van der Waals surface area contributed by atoms with E-state index in [2.05, 4.69) is 252 Å². The molecule has 12 aromatic rings. The van der Waals surface area contributed by atoms with Crippen LogP contribution in [0.25, 0.3) is 76.9 Å². The second-order valence-electron chi connectivity index (χ2n) is 16.6. The molecule has 0 bridgehead atoms. The first-order chi connectivity index (χ1) is 32.2. The Morgan fingerprint density at radius 1 is 0.215 bits per heavy atom. The van der Waals surface area contributed by atoms with Crippen LogP contribution in [0.2, 0.25) is 0 Å². The van der Waals surface area contributed by atoms with Crippen LogP contribution in [0.4, 0.5) is 34.1 Å². The van der Waals surface area contributed by atoms with E-state index < -0.39 is 0 Å². The van der Waals surface area contributed by atoms with Gasteiger partial charge in [0, 0.05) is 44.9 Å². The van der Waals surface area contributed by atoms with Gasteiger partial charge in [0.05, 0.1) is 0 Å². The van der Waals surface area contributed by atoms with Crippen LogP contribution in [0.1, 0.15) is 0 Å². The molecule has 0 aliphatic rings. The molecule has 0 aliphatic heterocycles. The molecule has 0 unspecified atom stereocenters. The lowest BCUT2D eigenvalue weighted by Crippen LogP contribution is -2.13. The predicted octanol–water partition coefficient (Wildman–Crippen LogP) is 17.8. The summed E-state index contributed by atoms with van der Waals surface area (Å²) in [5.41, 5.74) is 15.3. The molecule has 11 aromatic carbocycles. The van der Waals surface area contributed by atoms with Crippen molar-refractivity contribution < 1.29 is 4.42 Å². The van der Waals surface area contributed by atoms with Crippen molar-refractivity contribution in [1.29, 1.82) is 0 Å². The smallest absolute Gasteiger partial charge is 0.136 e. The Hall–Kier alpha value is -8.66. The molecule has 0 saturated carbocycles. The van der Waals surface area contributed by atoms with Crippen molar-refractivity contribution in [1.82, 2.24) is 0 Å². The molecule has 0 aliphatic carbocycles. The average Bonchev–Trinajstić information content (AvgIpc) is 3.75. The minimum Gasteiger partial charge on any atom is -0.456 e. The summed E-state index contributed by atoms with van der Waals surface area (Å²) in [7, 11) is 0. The fourth-order valence-electron chi connectivity index (χ4n) is 9.41. The molecule has 0 amide bonds. The maximum absolute atomic E-state index is 6.34. The largest absolute Gasteiger partial charge is 0.456 e. The summed E-state index contributed by atoms with van der Waals surface area (Å²) >= 11 is 0. The van der Waals surface area contributed by atoms with Crippen molar-refractivity contribution in [3.63, 3.8) is 0 Å². The van der Waals surface area contributed by atoms with Crippen molar-refractivity contribution in [3.05, 3.63) is 255 Å². The summed E-state index contributed by atoms with van der Waals surface area (Å²) in [6.07, 6.45) is 0. The van der Waals surface area contributed by atoms with E-state index in [9.17, 15) is 0 Å². The summed E-state index contributed by atoms with van der Waals surface area (Å²) < 4.78 is 6.34. The van der Waals surface area contributed by atoms with Crippen LogP contribution in [0, 0.1) is 0 Å². The van der Waals surface area contributed by atoms with Crippen LogP contribution in [0.5, 0.6) is 0 Å². The summed E-state index contributed by atoms with van der Waals surface area (Å²) in [6.45, 7) is 0. The maximum Gasteiger partial charge on any atom is 0.136 e. The van der Waals surface area contributed by atoms with Gasteiger partial charge in [-0.25, -0.2) is 0 Å². The van der Waals surface area contributed by atoms with Crippen LogP contribution in [0.3, 0.4) is 0 Å². The number of rotatable bonds is 9. The molecule has 0 radical (unpaired) electrons. The quantitative estimate of drug-likeness (QED) is 0.135. The first-order valence-corrected chi connectivity index (χ1v) is 22.1. The van der Waals surface area contributed by atoms with Crippen molar-refractivity contribution in [2.24, 2.45) is 0 Å². The number of benzene rings is 11. The van der Waals surface area contributed by atoms with Crippen LogP contribution in [0.15, 0.2) is 259 Å². The van der Waals surface area contributed by atoms with Crippen LogP contribution in [-0.4, -0.2) is 0 Å². The normalized spacial score (nSPS) is 11.4. The van der Waals surface area contributed by atoms with E-state index in [0.29, 0.717) is 0 Å². The Morgan fingerprint density at radius 2 is 0.662 bits per heavy atom. The molecule has 0 fully saturated rings. The van der Waals surface area contributed by atoms with E-state index in [4.69, 9.17) is 4.42 Å². The van der Waals surface area contributed by atoms with Crippen LogP contribution >= 0.6 is 0 Å².